The van der Waals surface area contributed by atoms with E-state index in [1.54, 1.807) is 23.4 Å². The molecule has 4 nitrogen and oxygen atoms in total. The second-order valence-corrected chi connectivity index (χ2v) is 4.56. The average Bonchev–Trinajstić information content (AvgIpc) is 3.10. The quantitative estimate of drug-likeness (QED) is 0.662. The first-order valence-electron chi connectivity index (χ1n) is 5.52. The molecule has 2 aliphatic rings. The van der Waals surface area contributed by atoms with Gasteiger partial charge in [0.25, 0.3) is 5.91 Å². The summed E-state index contributed by atoms with van der Waals surface area (Å²) in [5, 5.41) is 3.50. The predicted octanol–water partition coefficient (Wildman–Crippen LogP) is 1.72. The third-order valence-electron chi connectivity index (χ3n) is 2.84. The van der Waals surface area contributed by atoms with Crippen LogP contribution in [0.15, 0.2) is 30.2 Å². The third kappa shape index (κ3) is 2.37. The van der Waals surface area contributed by atoms with E-state index < -0.39 is 0 Å². The van der Waals surface area contributed by atoms with Gasteiger partial charge in [-0.1, -0.05) is 0 Å². The number of amides is 1. The van der Waals surface area contributed by atoms with Crippen molar-refractivity contribution in [3.63, 3.8) is 0 Å². The summed E-state index contributed by atoms with van der Waals surface area (Å²) in [6, 6.07) is 4.01. The molecule has 0 radical (unpaired) electrons. The van der Waals surface area contributed by atoms with Gasteiger partial charge >= 0.3 is 0 Å². The molecule has 0 unspecified atom stereocenters. The number of carbonyl (C=O) groups excluding carboxylic acids is 1. The molecule has 94 valence electrons. The summed E-state index contributed by atoms with van der Waals surface area (Å²) in [6.07, 6.45) is 7.30. The molecule has 0 spiro atoms. The number of thiocarbonyl (C=S) groups is 1. The molecule has 1 N–H and O–H groups in total. The first kappa shape index (κ1) is 13.0. The molecule has 1 aromatic heterocycles. The molecule has 3 rings (SSSR count). The van der Waals surface area contributed by atoms with Crippen LogP contribution in [0.5, 0.6) is 0 Å². The topological polar surface area (TPSA) is 45.2 Å². The maximum absolute atomic E-state index is 12.1. The fraction of sp³-hybridized carbons (Fsp3) is 0.250. The van der Waals surface area contributed by atoms with Gasteiger partial charge in [0, 0.05) is 18.4 Å². The van der Waals surface area contributed by atoms with Gasteiger partial charge in [-0.05, 0) is 48.8 Å². The van der Waals surface area contributed by atoms with Gasteiger partial charge in [0.05, 0.1) is 0 Å². The van der Waals surface area contributed by atoms with Crippen LogP contribution in [0.1, 0.15) is 18.4 Å². The first-order valence-corrected chi connectivity index (χ1v) is 5.93. The fourth-order valence-corrected chi connectivity index (χ4v) is 2.18. The van der Waals surface area contributed by atoms with Gasteiger partial charge in [0.2, 0.25) is 0 Å². The van der Waals surface area contributed by atoms with Crippen molar-refractivity contribution in [2.24, 2.45) is 0 Å². The minimum Gasteiger partial charge on any atom is -0.328 e. The molecule has 0 aromatic carbocycles. The maximum Gasteiger partial charge on any atom is 0.276 e. The number of aromatic nitrogens is 1. The van der Waals surface area contributed by atoms with Crippen LogP contribution >= 0.6 is 24.6 Å². The summed E-state index contributed by atoms with van der Waals surface area (Å²) < 4.78 is 0. The van der Waals surface area contributed by atoms with Crippen LogP contribution in [-0.2, 0) is 4.79 Å². The number of hydrogen-bond acceptors (Lipinski definition) is 3. The SMILES string of the molecule is Cl.O=C1C(=Cc2ccncc2)NC(=S)N1C1CC1. The highest BCUT2D eigenvalue weighted by Gasteiger charge is 2.41. The highest BCUT2D eigenvalue weighted by Crippen LogP contribution is 2.30. The molecule has 18 heavy (non-hydrogen) atoms. The second-order valence-electron chi connectivity index (χ2n) is 4.18. The van der Waals surface area contributed by atoms with Crippen molar-refractivity contribution in [2.45, 2.75) is 18.9 Å². The number of rotatable bonds is 2. The van der Waals surface area contributed by atoms with Crippen molar-refractivity contribution in [3.05, 3.63) is 35.8 Å². The Morgan fingerprint density at radius 3 is 2.67 bits per heavy atom. The van der Waals surface area contributed by atoms with Gasteiger partial charge in [0.15, 0.2) is 5.11 Å². The third-order valence-corrected chi connectivity index (χ3v) is 3.14. The summed E-state index contributed by atoms with van der Waals surface area (Å²) in [7, 11) is 0. The van der Waals surface area contributed by atoms with Crippen molar-refractivity contribution < 1.29 is 4.79 Å². The lowest BCUT2D eigenvalue weighted by Gasteiger charge is -2.11. The lowest BCUT2D eigenvalue weighted by atomic mass is 10.2. The molecule has 2 heterocycles. The number of hydrogen-bond donors (Lipinski definition) is 1. The van der Waals surface area contributed by atoms with Crippen LogP contribution in [0.2, 0.25) is 0 Å². The van der Waals surface area contributed by atoms with Gasteiger partial charge in [-0.3, -0.25) is 14.7 Å². The van der Waals surface area contributed by atoms with E-state index in [4.69, 9.17) is 12.2 Å². The van der Waals surface area contributed by atoms with Gasteiger partial charge in [-0.15, -0.1) is 12.4 Å². The number of carbonyl (C=O) groups is 1. The van der Waals surface area contributed by atoms with Crippen LogP contribution in [0.3, 0.4) is 0 Å². The minimum atomic E-state index is -0.0192. The van der Waals surface area contributed by atoms with Crippen LogP contribution in [0, 0.1) is 0 Å². The Balaban J connectivity index is 0.00000120. The van der Waals surface area contributed by atoms with Gasteiger partial charge in [-0.25, -0.2) is 0 Å². The standard InChI is InChI=1S/C12H11N3OS.ClH/c16-11-10(7-8-3-5-13-6-4-8)14-12(17)15(11)9-1-2-9;/h3-7,9H,1-2H2,(H,14,17);1H. The highest BCUT2D eigenvalue weighted by atomic mass is 35.5. The molecule has 1 aromatic rings. The molecule has 0 atom stereocenters. The summed E-state index contributed by atoms with van der Waals surface area (Å²) >= 11 is 5.17. The number of pyridine rings is 1. The summed E-state index contributed by atoms with van der Waals surface area (Å²) in [4.78, 5) is 17.7. The van der Waals surface area contributed by atoms with Crippen LogP contribution < -0.4 is 5.32 Å². The molecular weight excluding hydrogens is 270 g/mol. The monoisotopic (exact) mass is 281 g/mol. The average molecular weight is 282 g/mol. The number of nitrogens with one attached hydrogen (secondary N) is 1. The molecule has 1 aliphatic carbocycles. The van der Waals surface area contributed by atoms with Crippen molar-refractivity contribution >= 4 is 41.7 Å². The Morgan fingerprint density at radius 2 is 2.06 bits per heavy atom. The van der Waals surface area contributed by atoms with Crippen molar-refractivity contribution in [1.82, 2.24) is 15.2 Å². The van der Waals surface area contributed by atoms with Gasteiger partial charge < -0.3 is 5.32 Å². The predicted molar refractivity (Wildman–Crippen MR) is 75.1 cm³/mol. The van der Waals surface area contributed by atoms with Crippen molar-refractivity contribution in [1.29, 1.82) is 0 Å². The van der Waals surface area contributed by atoms with Crippen LogP contribution in [-0.4, -0.2) is 26.9 Å². The zero-order chi connectivity index (χ0) is 11.8. The molecule has 2 fully saturated rings. The molecule has 6 heteroatoms. The van der Waals surface area contributed by atoms with E-state index in [1.165, 1.54) is 0 Å². The molecule has 1 saturated heterocycles. The van der Waals surface area contributed by atoms with Crippen molar-refractivity contribution in [3.8, 4) is 0 Å². The molecule has 1 aliphatic heterocycles. The second kappa shape index (κ2) is 5.04. The van der Waals surface area contributed by atoms with Crippen LogP contribution in [0.4, 0.5) is 0 Å². The zero-order valence-electron chi connectivity index (χ0n) is 9.50. The highest BCUT2D eigenvalue weighted by molar-refractivity contribution is 7.80. The Bertz CT molecular complexity index is 513. The van der Waals surface area contributed by atoms with E-state index in [9.17, 15) is 4.79 Å². The number of halogens is 1. The lowest BCUT2D eigenvalue weighted by Crippen LogP contribution is -2.32. The Labute approximate surface area is 116 Å². The molecule has 0 bridgehead atoms. The van der Waals surface area contributed by atoms with Crippen molar-refractivity contribution in [2.75, 3.05) is 0 Å². The van der Waals surface area contributed by atoms with Gasteiger partial charge in [0.1, 0.15) is 5.70 Å². The van der Waals surface area contributed by atoms with E-state index in [0.29, 0.717) is 16.9 Å². The van der Waals surface area contributed by atoms with E-state index in [0.717, 1.165) is 18.4 Å². The molecule has 1 saturated carbocycles. The normalized spacial score (nSPS) is 20.9. The van der Waals surface area contributed by atoms with E-state index in [1.807, 2.05) is 12.1 Å². The zero-order valence-corrected chi connectivity index (χ0v) is 11.1. The maximum atomic E-state index is 12.1. The van der Waals surface area contributed by atoms with Gasteiger partial charge in [-0.2, -0.15) is 0 Å². The Morgan fingerprint density at radius 1 is 1.39 bits per heavy atom. The summed E-state index contributed by atoms with van der Waals surface area (Å²) in [5.74, 6) is -0.0192. The van der Waals surface area contributed by atoms with E-state index in [-0.39, 0.29) is 18.3 Å². The lowest BCUT2D eigenvalue weighted by molar-refractivity contribution is -0.122. The Hall–Kier alpha value is -1.46. The fourth-order valence-electron chi connectivity index (χ4n) is 1.84. The number of nitrogens with zero attached hydrogens (tertiary/aromatic N) is 2. The first-order chi connectivity index (χ1) is 8.25. The van der Waals surface area contributed by atoms with E-state index in [2.05, 4.69) is 10.3 Å². The van der Waals surface area contributed by atoms with Crippen LogP contribution in [0.25, 0.3) is 6.08 Å². The summed E-state index contributed by atoms with van der Waals surface area (Å²) in [6.45, 7) is 0. The molecular formula is C12H12ClN3OS. The Kier molecular flexibility index (Phi) is 3.63. The smallest absolute Gasteiger partial charge is 0.276 e. The largest absolute Gasteiger partial charge is 0.328 e. The van der Waals surface area contributed by atoms with E-state index >= 15 is 0 Å². The summed E-state index contributed by atoms with van der Waals surface area (Å²) in [5.41, 5.74) is 1.49. The minimum absolute atomic E-state index is 0. The molecule has 1 amide bonds.